The molecule has 1 heterocycles. The summed E-state index contributed by atoms with van der Waals surface area (Å²) < 4.78 is 11.1. The summed E-state index contributed by atoms with van der Waals surface area (Å²) in [5.74, 6) is 2.75. The number of aromatic nitrogens is 1. The Kier molecular flexibility index (Phi) is 13.3. The number of nitrogens with zero attached hydrogens (tertiary/aromatic N) is 1. The molecule has 0 aliphatic carbocycles. The summed E-state index contributed by atoms with van der Waals surface area (Å²) in [4.78, 5) is 4.54. The van der Waals surface area contributed by atoms with Crippen LogP contribution in [0, 0.1) is 6.92 Å². The van der Waals surface area contributed by atoms with Crippen LogP contribution in [0.2, 0.25) is 0 Å². The number of ether oxygens (including phenoxy) is 2. The normalized spacial score (nSPS) is 10.6. The lowest BCUT2D eigenvalue weighted by molar-refractivity contribution is 0.407. The van der Waals surface area contributed by atoms with Crippen molar-refractivity contribution < 1.29 is 9.47 Å². The molecule has 0 saturated heterocycles. The maximum atomic E-state index is 5.84. The minimum absolute atomic E-state index is 0.153. The van der Waals surface area contributed by atoms with E-state index < -0.39 is 0 Å². The highest BCUT2D eigenvalue weighted by Crippen LogP contribution is 2.26. The highest BCUT2D eigenvalue weighted by molar-refractivity contribution is 5.43. The summed E-state index contributed by atoms with van der Waals surface area (Å²) in [6.07, 6.45) is 4.08. The number of unbranched alkanes of at least 4 members (excludes halogenated alkanes) is 2. The Morgan fingerprint density at radius 1 is 0.875 bits per heavy atom. The Bertz CT molecular complexity index is 894. The number of methoxy groups -OCH3 is 1. The van der Waals surface area contributed by atoms with E-state index in [0.717, 1.165) is 11.6 Å². The van der Waals surface area contributed by atoms with Gasteiger partial charge in [0.2, 0.25) is 5.88 Å². The van der Waals surface area contributed by atoms with E-state index in [1.165, 1.54) is 30.4 Å². The average molecular weight is 437 g/mol. The number of benzene rings is 2. The van der Waals surface area contributed by atoms with Crippen LogP contribution >= 0.6 is 0 Å². The molecule has 0 spiro atoms. The molecule has 4 nitrogen and oxygen atoms in total. The van der Waals surface area contributed by atoms with Crippen molar-refractivity contribution in [2.24, 2.45) is 0 Å². The van der Waals surface area contributed by atoms with Gasteiger partial charge in [0, 0.05) is 12.1 Å². The molecule has 0 aliphatic rings. The van der Waals surface area contributed by atoms with Gasteiger partial charge in [0.05, 0.1) is 13.2 Å². The zero-order valence-corrected chi connectivity index (χ0v) is 20.8. The van der Waals surface area contributed by atoms with Crippen molar-refractivity contribution in [3.8, 4) is 17.4 Å². The van der Waals surface area contributed by atoms with Crippen LogP contribution in [0.3, 0.4) is 0 Å². The first-order valence-corrected chi connectivity index (χ1v) is 11.7. The maximum Gasteiger partial charge on any atom is 0.221 e. The van der Waals surface area contributed by atoms with E-state index in [2.05, 4.69) is 56.2 Å². The van der Waals surface area contributed by atoms with Crippen LogP contribution in [-0.2, 0) is 0 Å². The number of pyridine rings is 1. The zero-order chi connectivity index (χ0) is 23.8. The molecule has 1 aromatic heterocycles. The number of aryl methyl sites for hydroxylation is 1. The largest absolute Gasteiger partial charge is 0.497 e. The second-order valence-electron chi connectivity index (χ2n) is 7.22. The minimum atomic E-state index is 0.153. The van der Waals surface area contributed by atoms with E-state index in [-0.39, 0.29) is 6.04 Å². The molecule has 0 saturated carbocycles. The van der Waals surface area contributed by atoms with Crippen LogP contribution in [0.15, 0.2) is 66.7 Å². The van der Waals surface area contributed by atoms with Crippen molar-refractivity contribution >= 4 is 5.82 Å². The zero-order valence-electron chi connectivity index (χ0n) is 20.8. The van der Waals surface area contributed by atoms with Crippen molar-refractivity contribution in [1.82, 2.24) is 4.98 Å². The summed E-state index contributed by atoms with van der Waals surface area (Å²) in [6, 6.07) is 21.7. The average Bonchev–Trinajstić information content (AvgIpc) is 2.82. The maximum absolute atomic E-state index is 5.84. The lowest BCUT2D eigenvalue weighted by Gasteiger charge is -2.17. The summed E-state index contributed by atoms with van der Waals surface area (Å²) >= 11 is 0. The number of nitrogens with one attached hydrogen (secondary N) is 1. The van der Waals surface area contributed by atoms with E-state index in [1.807, 2.05) is 62.4 Å². The second kappa shape index (κ2) is 15.7. The molecular weight excluding hydrogens is 396 g/mol. The minimum Gasteiger partial charge on any atom is -0.497 e. The summed E-state index contributed by atoms with van der Waals surface area (Å²) in [6.45, 7) is 12.7. The smallest absolute Gasteiger partial charge is 0.221 e. The number of hydrogen-bond acceptors (Lipinski definition) is 4. The van der Waals surface area contributed by atoms with E-state index in [9.17, 15) is 0 Å². The van der Waals surface area contributed by atoms with Crippen LogP contribution < -0.4 is 14.8 Å². The first kappa shape index (κ1) is 27.0. The van der Waals surface area contributed by atoms with Crippen molar-refractivity contribution in [3.63, 3.8) is 0 Å². The van der Waals surface area contributed by atoms with Gasteiger partial charge in [-0.25, -0.2) is 0 Å². The molecule has 1 unspecified atom stereocenters. The highest BCUT2D eigenvalue weighted by atomic mass is 16.5. The quantitative estimate of drug-likeness (QED) is 0.384. The van der Waals surface area contributed by atoms with Gasteiger partial charge in [0.25, 0.3) is 0 Å². The molecule has 1 N–H and O–H groups in total. The van der Waals surface area contributed by atoms with Crippen LogP contribution in [-0.4, -0.2) is 12.1 Å². The van der Waals surface area contributed by atoms with Gasteiger partial charge in [0.15, 0.2) is 0 Å². The molecule has 0 fully saturated rings. The number of anilines is 1. The number of hydrogen-bond donors (Lipinski definition) is 1. The standard InChI is InChI=1S/C21H22N2O2.C5H12.C2H6/c1-15-8-4-5-11-19(15)16(2)22-20-12-7-13-21(23-20)25-18-10-6-9-17(14-18)24-3;1-3-5-4-2;1-2/h4-14,16H,1-3H3,(H,22,23);3-5H2,1-2H3;1-2H3. The van der Waals surface area contributed by atoms with E-state index >= 15 is 0 Å². The molecule has 0 amide bonds. The molecule has 0 radical (unpaired) electrons. The summed E-state index contributed by atoms with van der Waals surface area (Å²) in [5.41, 5.74) is 2.51. The third kappa shape index (κ3) is 9.42. The third-order valence-corrected chi connectivity index (χ3v) is 4.71. The molecule has 3 aromatic rings. The molecule has 0 aliphatic heterocycles. The first-order chi connectivity index (χ1) is 15.6. The van der Waals surface area contributed by atoms with Crippen molar-refractivity contribution in [1.29, 1.82) is 0 Å². The molecule has 32 heavy (non-hydrogen) atoms. The van der Waals surface area contributed by atoms with Gasteiger partial charge >= 0.3 is 0 Å². The fraction of sp³-hybridized carbons (Fsp3) is 0.393. The van der Waals surface area contributed by atoms with Crippen molar-refractivity contribution in [2.45, 2.75) is 66.8 Å². The lowest BCUT2D eigenvalue weighted by atomic mass is 10.0. The predicted octanol–water partition coefficient (Wildman–Crippen LogP) is 8.59. The van der Waals surface area contributed by atoms with Gasteiger partial charge < -0.3 is 14.8 Å². The van der Waals surface area contributed by atoms with Gasteiger partial charge in [-0.15, -0.1) is 0 Å². The highest BCUT2D eigenvalue weighted by Gasteiger charge is 2.09. The van der Waals surface area contributed by atoms with Gasteiger partial charge in [-0.1, -0.05) is 83.4 Å². The SMILES string of the molecule is CC.CCCCC.COc1cccc(Oc2cccc(NC(C)c3ccccc3C)n2)c1. The Morgan fingerprint density at radius 2 is 1.53 bits per heavy atom. The molecule has 174 valence electrons. The van der Waals surface area contributed by atoms with Gasteiger partial charge in [-0.3, -0.25) is 0 Å². The van der Waals surface area contributed by atoms with Crippen LogP contribution in [0.25, 0.3) is 0 Å². The Balaban J connectivity index is 0.000000646. The fourth-order valence-corrected chi connectivity index (χ4v) is 3.06. The van der Waals surface area contributed by atoms with Crippen LogP contribution in [0.5, 0.6) is 17.4 Å². The van der Waals surface area contributed by atoms with E-state index in [4.69, 9.17) is 9.47 Å². The Hall–Kier alpha value is -3.01. The van der Waals surface area contributed by atoms with Crippen molar-refractivity contribution in [2.75, 3.05) is 12.4 Å². The first-order valence-electron chi connectivity index (χ1n) is 11.7. The van der Waals surface area contributed by atoms with Gasteiger partial charge in [-0.2, -0.15) is 4.98 Å². The van der Waals surface area contributed by atoms with Gasteiger partial charge in [-0.05, 0) is 43.2 Å². The fourth-order valence-electron chi connectivity index (χ4n) is 3.06. The van der Waals surface area contributed by atoms with Crippen molar-refractivity contribution in [3.05, 3.63) is 77.9 Å². The molecule has 0 bridgehead atoms. The monoisotopic (exact) mass is 436 g/mol. The second-order valence-corrected chi connectivity index (χ2v) is 7.22. The Morgan fingerprint density at radius 3 is 2.16 bits per heavy atom. The van der Waals surface area contributed by atoms with E-state index in [1.54, 1.807) is 7.11 Å². The summed E-state index contributed by atoms with van der Waals surface area (Å²) in [5, 5.41) is 3.43. The molecule has 4 heteroatoms. The van der Waals surface area contributed by atoms with Gasteiger partial charge in [0.1, 0.15) is 17.3 Å². The molecule has 2 aromatic carbocycles. The van der Waals surface area contributed by atoms with Crippen LogP contribution in [0.4, 0.5) is 5.82 Å². The molecule has 3 rings (SSSR count). The summed E-state index contributed by atoms with van der Waals surface area (Å²) in [7, 11) is 1.63. The number of rotatable bonds is 8. The third-order valence-electron chi connectivity index (χ3n) is 4.71. The lowest BCUT2D eigenvalue weighted by Crippen LogP contribution is -2.09. The Labute approximate surface area is 195 Å². The van der Waals surface area contributed by atoms with E-state index in [0.29, 0.717) is 11.6 Å². The topological polar surface area (TPSA) is 43.4 Å². The predicted molar refractivity (Wildman–Crippen MR) is 137 cm³/mol. The van der Waals surface area contributed by atoms with Crippen LogP contribution in [0.1, 0.15) is 71.0 Å². The molecular formula is C28H40N2O2. The molecule has 1 atom stereocenters.